The standard InChI is InChI=1S/C38H20N2S2/c39-21-32-28(24-14-16-36-30(18-24)26-10-4-6-12-34(26)41-36)20-29(33(22-40)38(32)23-8-2-1-3-9-23)25-15-17-37-31(19-25)27-11-5-7-13-35(27)42-37/h1-20H. The van der Waals surface area contributed by atoms with Gasteiger partial charge in [0.15, 0.2) is 0 Å². The molecular formula is C38H20N2S2. The summed E-state index contributed by atoms with van der Waals surface area (Å²) in [5.41, 5.74) is 6.16. The van der Waals surface area contributed by atoms with Crippen LogP contribution in [0.15, 0.2) is 121 Å². The molecule has 0 radical (unpaired) electrons. The fourth-order valence-electron chi connectivity index (χ4n) is 6.05. The maximum atomic E-state index is 10.6. The molecule has 0 fully saturated rings. The van der Waals surface area contributed by atoms with Gasteiger partial charge in [0.2, 0.25) is 0 Å². The van der Waals surface area contributed by atoms with Gasteiger partial charge < -0.3 is 0 Å². The minimum Gasteiger partial charge on any atom is -0.192 e. The number of nitrogens with zero attached hydrogens (tertiary/aromatic N) is 2. The van der Waals surface area contributed by atoms with Crippen LogP contribution in [0.2, 0.25) is 0 Å². The highest BCUT2D eigenvalue weighted by Gasteiger charge is 2.22. The molecule has 6 aromatic carbocycles. The summed E-state index contributed by atoms with van der Waals surface area (Å²) in [4.78, 5) is 0. The Morgan fingerprint density at radius 2 is 0.857 bits per heavy atom. The fraction of sp³-hybridized carbons (Fsp3) is 0. The lowest BCUT2D eigenvalue weighted by Gasteiger charge is -2.17. The third-order valence-electron chi connectivity index (χ3n) is 7.99. The van der Waals surface area contributed by atoms with Gasteiger partial charge in [-0.25, -0.2) is 0 Å². The quantitative estimate of drug-likeness (QED) is 0.213. The van der Waals surface area contributed by atoms with Crippen LogP contribution < -0.4 is 0 Å². The van der Waals surface area contributed by atoms with Gasteiger partial charge in [0.25, 0.3) is 0 Å². The highest BCUT2D eigenvalue weighted by atomic mass is 32.1. The zero-order valence-electron chi connectivity index (χ0n) is 22.3. The van der Waals surface area contributed by atoms with Crippen molar-refractivity contribution in [3.05, 3.63) is 132 Å². The van der Waals surface area contributed by atoms with Gasteiger partial charge in [0.05, 0.1) is 11.1 Å². The molecule has 4 heteroatoms. The van der Waals surface area contributed by atoms with E-state index in [1.807, 2.05) is 30.3 Å². The average Bonchev–Trinajstić information content (AvgIpc) is 3.61. The molecule has 0 aliphatic rings. The Morgan fingerprint density at radius 3 is 1.36 bits per heavy atom. The van der Waals surface area contributed by atoms with Crippen molar-refractivity contribution in [2.75, 3.05) is 0 Å². The van der Waals surface area contributed by atoms with Crippen LogP contribution in [0.3, 0.4) is 0 Å². The van der Waals surface area contributed by atoms with Crippen LogP contribution in [-0.2, 0) is 0 Å². The van der Waals surface area contributed by atoms with Crippen molar-refractivity contribution in [1.29, 1.82) is 10.5 Å². The molecule has 2 nitrogen and oxygen atoms in total. The smallest absolute Gasteiger partial charge is 0.100 e. The first-order valence-electron chi connectivity index (χ1n) is 13.6. The maximum Gasteiger partial charge on any atom is 0.100 e. The predicted molar refractivity (Wildman–Crippen MR) is 178 cm³/mol. The SMILES string of the molecule is N#Cc1c(-c2ccc3sc4ccccc4c3c2)cc(-c2ccc3sc4ccccc4c3c2)c(C#N)c1-c1ccccc1. The van der Waals surface area contributed by atoms with Gasteiger partial charge in [-0.2, -0.15) is 10.5 Å². The molecule has 0 saturated carbocycles. The largest absolute Gasteiger partial charge is 0.192 e. The molecular weight excluding hydrogens is 549 g/mol. The van der Waals surface area contributed by atoms with E-state index in [0.29, 0.717) is 16.7 Å². The lowest BCUT2D eigenvalue weighted by atomic mass is 9.83. The zero-order valence-corrected chi connectivity index (χ0v) is 23.9. The number of thiophene rings is 2. The van der Waals surface area contributed by atoms with Gasteiger partial charge >= 0.3 is 0 Å². The molecule has 194 valence electrons. The number of rotatable bonds is 3. The van der Waals surface area contributed by atoms with Gasteiger partial charge in [-0.15, -0.1) is 22.7 Å². The summed E-state index contributed by atoms with van der Waals surface area (Å²) in [6, 6.07) is 46.7. The van der Waals surface area contributed by atoms with Crippen molar-refractivity contribution >= 4 is 63.0 Å². The summed E-state index contributed by atoms with van der Waals surface area (Å²) >= 11 is 3.55. The van der Waals surface area contributed by atoms with Crippen molar-refractivity contribution in [3.8, 4) is 45.5 Å². The van der Waals surface area contributed by atoms with Crippen LogP contribution in [-0.4, -0.2) is 0 Å². The van der Waals surface area contributed by atoms with E-state index in [0.717, 1.165) is 27.8 Å². The summed E-state index contributed by atoms with van der Waals surface area (Å²) < 4.78 is 4.91. The molecule has 0 atom stereocenters. The van der Waals surface area contributed by atoms with Crippen LogP contribution in [0, 0.1) is 22.7 Å². The normalized spacial score (nSPS) is 11.3. The zero-order chi connectivity index (χ0) is 28.2. The van der Waals surface area contributed by atoms with Crippen LogP contribution >= 0.6 is 22.7 Å². The third-order valence-corrected chi connectivity index (χ3v) is 10.3. The van der Waals surface area contributed by atoms with Gasteiger partial charge in [0.1, 0.15) is 12.1 Å². The Bertz CT molecular complexity index is 2280. The van der Waals surface area contributed by atoms with E-state index >= 15 is 0 Å². The lowest BCUT2D eigenvalue weighted by molar-refractivity contribution is 1.43. The molecule has 0 unspecified atom stereocenters. The van der Waals surface area contributed by atoms with E-state index in [1.165, 1.54) is 40.3 Å². The Morgan fingerprint density at radius 1 is 0.405 bits per heavy atom. The average molecular weight is 569 g/mol. The molecule has 0 amide bonds. The van der Waals surface area contributed by atoms with E-state index in [1.54, 1.807) is 22.7 Å². The third kappa shape index (κ3) is 3.75. The van der Waals surface area contributed by atoms with E-state index in [-0.39, 0.29) is 0 Å². The van der Waals surface area contributed by atoms with Crippen LogP contribution in [0.1, 0.15) is 11.1 Å². The summed E-state index contributed by atoms with van der Waals surface area (Å²) in [6.45, 7) is 0. The maximum absolute atomic E-state index is 10.6. The van der Waals surface area contributed by atoms with E-state index in [9.17, 15) is 10.5 Å². The molecule has 8 aromatic rings. The molecule has 2 heterocycles. The van der Waals surface area contributed by atoms with Crippen LogP contribution in [0.25, 0.3) is 73.7 Å². The van der Waals surface area contributed by atoms with Gasteiger partial charge in [-0.1, -0.05) is 78.9 Å². The lowest BCUT2D eigenvalue weighted by Crippen LogP contribution is -1.98. The van der Waals surface area contributed by atoms with Crippen LogP contribution in [0.4, 0.5) is 0 Å². The number of benzene rings is 6. The first kappa shape index (κ1) is 24.5. The van der Waals surface area contributed by atoms with Crippen molar-refractivity contribution in [1.82, 2.24) is 0 Å². The molecule has 0 N–H and O–H groups in total. The van der Waals surface area contributed by atoms with Crippen molar-refractivity contribution in [2.24, 2.45) is 0 Å². The van der Waals surface area contributed by atoms with E-state index in [4.69, 9.17) is 0 Å². The number of hydrogen-bond donors (Lipinski definition) is 0. The summed E-state index contributed by atoms with van der Waals surface area (Å²) in [5.74, 6) is 0. The second-order valence-electron chi connectivity index (χ2n) is 10.3. The van der Waals surface area contributed by atoms with E-state index < -0.39 is 0 Å². The highest BCUT2D eigenvalue weighted by molar-refractivity contribution is 7.26. The van der Waals surface area contributed by atoms with Gasteiger partial charge in [-0.3, -0.25) is 0 Å². The first-order chi connectivity index (χ1) is 20.7. The molecule has 0 bridgehead atoms. The first-order valence-corrected chi connectivity index (χ1v) is 15.3. The molecule has 42 heavy (non-hydrogen) atoms. The summed E-state index contributed by atoms with van der Waals surface area (Å²) in [5, 5.41) is 26.0. The second kappa shape index (κ2) is 9.68. The van der Waals surface area contributed by atoms with Crippen molar-refractivity contribution in [3.63, 3.8) is 0 Å². The summed E-state index contributed by atoms with van der Waals surface area (Å²) in [6.07, 6.45) is 0. The molecule has 0 spiro atoms. The molecule has 0 saturated heterocycles. The minimum atomic E-state index is 0.516. The molecule has 2 aromatic heterocycles. The van der Waals surface area contributed by atoms with Gasteiger partial charge in [-0.05, 0) is 59.2 Å². The monoisotopic (exact) mass is 568 g/mol. The predicted octanol–water partition coefficient (Wildman–Crippen LogP) is 11.2. The highest BCUT2D eigenvalue weighted by Crippen LogP contribution is 2.44. The van der Waals surface area contributed by atoms with Crippen molar-refractivity contribution in [2.45, 2.75) is 0 Å². The Labute approximate surface area is 250 Å². The molecule has 0 aliphatic carbocycles. The number of nitriles is 2. The fourth-order valence-corrected chi connectivity index (χ4v) is 8.22. The molecule has 0 aliphatic heterocycles. The summed E-state index contributed by atoms with van der Waals surface area (Å²) in [7, 11) is 0. The minimum absolute atomic E-state index is 0.516. The van der Waals surface area contributed by atoms with Crippen molar-refractivity contribution < 1.29 is 0 Å². The topological polar surface area (TPSA) is 47.6 Å². The number of fused-ring (bicyclic) bond motifs is 6. The van der Waals surface area contributed by atoms with Crippen LogP contribution in [0.5, 0.6) is 0 Å². The number of hydrogen-bond acceptors (Lipinski definition) is 4. The van der Waals surface area contributed by atoms with Gasteiger partial charge in [0, 0.05) is 57.0 Å². The van der Waals surface area contributed by atoms with E-state index in [2.05, 4.69) is 103 Å². The Kier molecular flexibility index (Phi) is 5.66. The Balaban J connectivity index is 1.46. The molecule has 8 rings (SSSR count). The Hall–Kier alpha value is -5.26. The second-order valence-corrected chi connectivity index (χ2v) is 12.5.